The molecule has 2 N–H and O–H groups in total. The number of rotatable bonds is 6. The maximum absolute atomic E-state index is 11.6. The first-order valence-electron chi connectivity index (χ1n) is 8.08. The van der Waals surface area contributed by atoms with Crippen LogP contribution < -0.4 is 5.73 Å². The molecule has 0 saturated carbocycles. The minimum absolute atomic E-state index is 0.0851. The summed E-state index contributed by atoms with van der Waals surface area (Å²) >= 11 is 0. The minimum atomic E-state index is -0.0851. The van der Waals surface area contributed by atoms with E-state index in [9.17, 15) is 4.79 Å². The highest BCUT2D eigenvalue weighted by Gasteiger charge is 2.21. The van der Waals surface area contributed by atoms with E-state index in [0.717, 1.165) is 30.4 Å². The Balaban J connectivity index is 2.05. The van der Waals surface area contributed by atoms with Crippen LogP contribution in [0.25, 0.3) is 5.57 Å². The molecule has 3 heteroatoms. The number of hydrogen-bond donors (Lipinski definition) is 1. The van der Waals surface area contributed by atoms with Gasteiger partial charge in [-0.2, -0.15) is 0 Å². The first-order chi connectivity index (χ1) is 11.0. The molecule has 0 spiro atoms. The first-order valence-corrected chi connectivity index (χ1v) is 8.08. The van der Waals surface area contributed by atoms with E-state index in [0.29, 0.717) is 24.6 Å². The summed E-state index contributed by atoms with van der Waals surface area (Å²) in [6.45, 7) is 10.0. The fourth-order valence-corrected chi connectivity index (χ4v) is 2.96. The minimum Gasteiger partial charge on any atom is -0.466 e. The van der Waals surface area contributed by atoms with E-state index in [1.807, 2.05) is 13.0 Å². The van der Waals surface area contributed by atoms with Gasteiger partial charge in [0.25, 0.3) is 0 Å². The molecule has 0 aliphatic heterocycles. The fourth-order valence-electron chi connectivity index (χ4n) is 2.96. The second-order valence-corrected chi connectivity index (χ2v) is 6.03. The molecule has 2 rings (SSSR count). The average Bonchev–Trinajstić information content (AvgIpc) is 2.52. The Hall–Kier alpha value is -2.29. The molecule has 1 unspecified atom stereocenters. The van der Waals surface area contributed by atoms with E-state index >= 15 is 0 Å². The van der Waals surface area contributed by atoms with Gasteiger partial charge in [0.05, 0.1) is 6.61 Å². The summed E-state index contributed by atoms with van der Waals surface area (Å²) < 4.78 is 5.05. The van der Waals surface area contributed by atoms with E-state index < -0.39 is 0 Å². The second kappa shape index (κ2) is 7.82. The van der Waals surface area contributed by atoms with Crippen molar-refractivity contribution in [2.45, 2.75) is 32.6 Å². The van der Waals surface area contributed by atoms with Crippen LogP contribution in [0.2, 0.25) is 0 Å². The number of esters is 1. The lowest BCUT2D eigenvalue weighted by Gasteiger charge is -2.24. The Kier molecular flexibility index (Phi) is 5.80. The monoisotopic (exact) mass is 311 g/mol. The molecule has 1 aliphatic rings. The number of fused-ring (bicyclic) bond motifs is 1. The predicted molar refractivity (Wildman–Crippen MR) is 94.7 cm³/mol. The largest absolute Gasteiger partial charge is 0.466 e. The van der Waals surface area contributed by atoms with Crippen LogP contribution in [-0.2, 0) is 22.4 Å². The molecule has 0 amide bonds. The number of benzene rings is 1. The standard InChI is InChI=1S/C20H25NO2/c1-4-23-20(22)12-16-7-8-19-13-17(9-10-18(19)11-16)14(2)5-6-15(3)21/h5-6,9-10,13,16H,2-4,7-8,11-12,21H2,1H3/b6-5-. The van der Waals surface area contributed by atoms with Crippen LogP contribution >= 0.6 is 0 Å². The number of hydrogen-bond acceptors (Lipinski definition) is 3. The van der Waals surface area contributed by atoms with Gasteiger partial charge < -0.3 is 10.5 Å². The van der Waals surface area contributed by atoms with Crippen molar-refractivity contribution in [2.75, 3.05) is 6.61 Å². The lowest BCUT2D eigenvalue weighted by Crippen LogP contribution is -2.19. The molecular weight excluding hydrogens is 286 g/mol. The van der Waals surface area contributed by atoms with Crippen LogP contribution in [0, 0.1) is 5.92 Å². The Morgan fingerprint density at radius 3 is 2.83 bits per heavy atom. The molecule has 0 heterocycles. The molecule has 23 heavy (non-hydrogen) atoms. The number of nitrogens with two attached hydrogens (primary N) is 1. The zero-order chi connectivity index (χ0) is 16.8. The van der Waals surface area contributed by atoms with Crippen molar-refractivity contribution in [3.63, 3.8) is 0 Å². The van der Waals surface area contributed by atoms with Crippen molar-refractivity contribution in [3.05, 3.63) is 65.9 Å². The molecule has 0 saturated heterocycles. The van der Waals surface area contributed by atoms with Gasteiger partial charge in [-0.1, -0.05) is 37.4 Å². The first kappa shape index (κ1) is 17.1. The third kappa shape index (κ3) is 4.85. The highest BCUT2D eigenvalue weighted by Crippen LogP contribution is 2.30. The van der Waals surface area contributed by atoms with Gasteiger partial charge >= 0.3 is 5.97 Å². The van der Waals surface area contributed by atoms with Gasteiger partial charge in [-0.15, -0.1) is 0 Å². The third-order valence-corrected chi connectivity index (χ3v) is 4.17. The van der Waals surface area contributed by atoms with E-state index in [4.69, 9.17) is 10.5 Å². The maximum Gasteiger partial charge on any atom is 0.306 e. The summed E-state index contributed by atoms with van der Waals surface area (Å²) in [5.41, 5.74) is 10.8. The third-order valence-electron chi connectivity index (χ3n) is 4.17. The van der Waals surface area contributed by atoms with Gasteiger partial charge in [-0.05, 0) is 60.4 Å². The van der Waals surface area contributed by atoms with Crippen LogP contribution in [0.4, 0.5) is 0 Å². The maximum atomic E-state index is 11.6. The van der Waals surface area contributed by atoms with Gasteiger partial charge in [0.2, 0.25) is 0 Å². The smallest absolute Gasteiger partial charge is 0.306 e. The van der Waals surface area contributed by atoms with E-state index in [2.05, 4.69) is 31.4 Å². The Labute approximate surface area is 138 Å². The molecule has 3 nitrogen and oxygen atoms in total. The fraction of sp³-hybridized carbons (Fsp3) is 0.350. The van der Waals surface area contributed by atoms with Crippen molar-refractivity contribution >= 4 is 11.5 Å². The Morgan fingerprint density at radius 2 is 2.13 bits per heavy atom. The summed E-state index contributed by atoms with van der Waals surface area (Å²) in [6, 6.07) is 6.43. The highest BCUT2D eigenvalue weighted by atomic mass is 16.5. The quantitative estimate of drug-likeness (QED) is 0.642. The van der Waals surface area contributed by atoms with E-state index in [-0.39, 0.29) is 5.97 Å². The number of carbonyl (C=O) groups is 1. The summed E-state index contributed by atoms with van der Waals surface area (Å²) in [6.07, 6.45) is 7.12. The van der Waals surface area contributed by atoms with Crippen LogP contribution in [0.15, 0.2) is 49.2 Å². The predicted octanol–water partition coefficient (Wildman–Crippen LogP) is 3.79. The van der Waals surface area contributed by atoms with Crippen molar-refractivity contribution in [1.29, 1.82) is 0 Å². The Morgan fingerprint density at radius 1 is 1.35 bits per heavy atom. The number of ether oxygens (including phenoxy) is 1. The molecule has 0 radical (unpaired) electrons. The van der Waals surface area contributed by atoms with E-state index in [1.54, 1.807) is 6.08 Å². The number of aryl methyl sites for hydroxylation is 1. The molecule has 122 valence electrons. The summed E-state index contributed by atoms with van der Waals surface area (Å²) in [7, 11) is 0. The molecular formula is C20H25NO2. The number of carbonyl (C=O) groups excluding carboxylic acids is 1. The molecule has 0 fully saturated rings. The molecule has 1 aromatic carbocycles. The topological polar surface area (TPSA) is 52.3 Å². The van der Waals surface area contributed by atoms with Crippen LogP contribution in [0.1, 0.15) is 36.5 Å². The van der Waals surface area contributed by atoms with Crippen molar-refractivity contribution in [3.8, 4) is 0 Å². The van der Waals surface area contributed by atoms with Gasteiger partial charge in [0, 0.05) is 12.1 Å². The van der Waals surface area contributed by atoms with Crippen molar-refractivity contribution in [1.82, 2.24) is 0 Å². The normalized spacial score (nSPS) is 16.8. The summed E-state index contributed by atoms with van der Waals surface area (Å²) in [4.78, 5) is 11.6. The molecule has 1 aliphatic carbocycles. The highest BCUT2D eigenvalue weighted by molar-refractivity contribution is 5.73. The zero-order valence-corrected chi connectivity index (χ0v) is 13.8. The summed E-state index contributed by atoms with van der Waals surface area (Å²) in [5.74, 6) is 0.300. The van der Waals surface area contributed by atoms with Gasteiger partial charge in [-0.25, -0.2) is 0 Å². The molecule has 0 bridgehead atoms. The zero-order valence-electron chi connectivity index (χ0n) is 13.8. The molecule has 0 aromatic heterocycles. The lowest BCUT2D eigenvalue weighted by atomic mass is 9.81. The molecule has 1 aromatic rings. The van der Waals surface area contributed by atoms with Crippen molar-refractivity contribution < 1.29 is 9.53 Å². The second-order valence-electron chi connectivity index (χ2n) is 6.03. The van der Waals surface area contributed by atoms with Gasteiger partial charge in [0.1, 0.15) is 0 Å². The van der Waals surface area contributed by atoms with Crippen LogP contribution in [-0.4, -0.2) is 12.6 Å². The van der Waals surface area contributed by atoms with Gasteiger partial charge in [0.15, 0.2) is 0 Å². The Bertz CT molecular complexity index is 643. The van der Waals surface area contributed by atoms with Gasteiger partial charge in [-0.3, -0.25) is 4.79 Å². The van der Waals surface area contributed by atoms with Crippen LogP contribution in [0.5, 0.6) is 0 Å². The molecule has 1 atom stereocenters. The number of allylic oxidation sites excluding steroid dienone is 3. The summed E-state index contributed by atoms with van der Waals surface area (Å²) in [5, 5.41) is 0. The SMILES string of the molecule is C=C(N)/C=C\C(=C)c1ccc2c(c1)CCC(CC(=O)OCC)C2. The van der Waals surface area contributed by atoms with E-state index in [1.165, 1.54) is 11.1 Å². The average molecular weight is 311 g/mol. The lowest BCUT2D eigenvalue weighted by molar-refractivity contribution is -0.144. The van der Waals surface area contributed by atoms with Crippen molar-refractivity contribution in [2.24, 2.45) is 11.7 Å². The van der Waals surface area contributed by atoms with Crippen LogP contribution in [0.3, 0.4) is 0 Å².